The number of pyridine rings is 2. The van der Waals surface area contributed by atoms with Crippen LogP contribution < -0.4 is 10.2 Å². The summed E-state index contributed by atoms with van der Waals surface area (Å²) in [6, 6.07) is 17.5. The minimum absolute atomic E-state index is 0.0691. The number of carbonyl (C=O) groups excluding carboxylic acids is 1. The summed E-state index contributed by atoms with van der Waals surface area (Å²) in [7, 11) is 0. The van der Waals surface area contributed by atoms with Crippen LogP contribution in [0, 0.1) is 6.92 Å². The molecule has 1 amide bonds. The number of fused-ring (bicyclic) bond motifs is 1. The third kappa shape index (κ3) is 4.05. The number of rotatable bonds is 4. The highest BCUT2D eigenvalue weighted by atomic mass is 16.2. The molecule has 8 nitrogen and oxygen atoms in total. The van der Waals surface area contributed by atoms with Gasteiger partial charge in [-0.15, -0.1) is 10.2 Å². The zero-order valence-corrected chi connectivity index (χ0v) is 17.3. The van der Waals surface area contributed by atoms with Gasteiger partial charge in [0.2, 0.25) is 0 Å². The van der Waals surface area contributed by atoms with Crippen LogP contribution in [0.15, 0.2) is 67.0 Å². The Bertz CT molecular complexity index is 1180. The zero-order valence-electron chi connectivity index (χ0n) is 17.3. The van der Waals surface area contributed by atoms with Crippen LogP contribution in [0.25, 0.3) is 5.52 Å². The fourth-order valence-corrected chi connectivity index (χ4v) is 3.80. The van der Waals surface area contributed by atoms with Crippen LogP contribution in [0.4, 0.5) is 17.5 Å². The van der Waals surface area contributed by atoms with Crippen molar-refractivity contribution in [3.8, 4) is 0 Å². The van der Waals surface area contributed by atoms with Crippen molar-refractivity contribution >= 4 is 28.9 Å². The van der Waals surface area contributed by atoms with Crippen molar-refractivity contribution in [3.05, 3.63) is 78.2 Å². The molecule has 1 fully saturated rings. The first-order valence-electron chi connectivity index (χ1n) is 10.3. The second-order valence-corrected chi connectivity index (χ2v) is 7.61. The van der Waals surface area contributed by atoms with E-state index in [1.165, 1.54) is 0 Å². The van der Waals surface area contributed by atoms with E-state index in [1.54, 1.807) is 0 Å². The largest absolute Gasteiger partial charge is 0.352 e. The second-order valence-electron chi connectivity index (χ2n) is 7.61. The number of hydrogen-bond acceptors (Lipinski definition) is 6. The first-order valence-corrected chi connectivity index (χ1v) is 10.3. The van der Waals surface area contributed by atoms with Crippen molar-refractivity contribution in [2.45, 2.75) is 6.92 Å². The number of hydrogen-bond donors (Lipinski definition) is 1. The van der Waals surface area contributed by atoms with E-state index >= 15 is 0 Å². The molecule has 0 aromatic carbocycles. The number of piperazine rings is 1. The van der Waals surface area contributed by atoms with Crippen molar-refractivity contribution in [2.24, 2.45) is 0 Å². The van der Waals surface area contributed by atoms with Gasteiger partial charge < -0.3 is 19.5 Å². The summed E-state index contributed by atoms with van der Waals surface area (Å²) in [5.74, 6) is 2.27. The molecule has 1 saturated heterocycles. The number of aromatic nitrogens is 4. The SMILES string of the molecule is Cc1cccc(Nc2ccc(N3CCN(C(=O)c4cc5ccccn5c4)CC3)nn2)n1. The van der Waals surface area contributed by atoms with Gasteiger partial charge in [0, 0.05) is 49.8 Å². The third-order valence-electron chi connectivity index (χ3n) is 5.44. The fraction of sp³-hybridized carbons (Fsp3) is 0.217. The second kappa shape index (κ2) is 8.06. The van der Waals surface area contributed by atoms with Crippen molar-refractivity contribution < 1.29 is 4.79 Å². The molecule has 4 aromatic heterocycles. The van der Waals surface area contributed by atoms with Gasteiger partial charge in [-0.3, -0.25) is 4.79 Å². The maximum Gasteiger partial charge on any atom is 0.255 e. The summed E-state index contributed by atoms with van der Waals surface area (Å²) in [6.45, 7) is 4.70. The van der Waals surface area contributed by atoms with Gasteiger partial charge in [0.15, 0.2) is 11.6 Å². The van der Waals surface area contributed by atoms with Crippen LogP contribution in [-0.4, -0.2) is 56.6 Å². The molecule has 31 heavy (non-hydrogen) atoms. The molecule has 0 saturated carbocycles. The summed E-state index contributed by atoms with van der Waals surface area (Å²) >= 11 is 0. The minimum Gasteiger partial charge on any atom is -0.352 e. The van der Waals surface area contributed by atoms with Crippen LogP contribution in [0.5, 0.6) is 0 Å². The highest BCUT2D eigenvalue weighted by Crippen LogP contribution is 2.18. The molecule has 156 valence electrons. The summed E-state index contributed by atoms with van der Waals surface area (Å²) in [4.78, 5) is 21.4. The smallest absolute Gasteiger partial charge is 0.255 e. The van der Waals surface area contributed by atoms with Crippen LogP contribution in [0.2, 0.25) is 0 Å². The van der Waals surface area contributed by atoms with Crippen molar-refractivity contribution in [1.29, 1.82) is 0 Å². The number of nitrogens with zero attached hydrogens (tertiary/aromatic N) is 6. The van der Waals surface area contributed by atoms with Crippen molar-refractivity contribution in [3.63, 3.8) is 0 Å². The van der Waals surface area contributed by atoms with Crippen molar-refractivity contribution in [1.82, 2.24) is 24.5 Å². The van der Waals surface area contributed by atoms with Gasteiger partial charge in [0.25, 0.3) is 5.91 Å². The van der Waals surface area contributed by atoms with Gasteiger partial charge in [-0.05, 0) is 49.4 Å². The number of carbonyl (C=O) groups is 1. The Balaban J connectivity index is 1.20. The predicted molar refractivity (Wildman–Crippen MR) is 120 cm³/mol. The Morgan fingerprint density at radius 3 is 2.55 bits per heavy atom. The Kier molecular flexibility index (Phi) is 4.95. The average Bonchev–Trinajstić information content (AvgIpc) is 3.24. The Labute approximate surface area is 180 Å². The molecular weight excluding hydrogens is 390 g/mol. The van der Waals surface area contributed by atoms with Crippen LogP contribution in [0.3, 0.4) is 0 Å². The molecule has 0 aliphatic carbocycles. The molecule has 5 heterocycles. The molecule has 0 atom stereocenters. The molecule has 1 aliphatic heterocycles. The van der Waals surface area contributed by atoms with Gasteiger partial charge in [0.1, 0.15) is 5.82 Å². The minimum atomic E-state index is 0.0691. The van der Waals surface area contributed by atoms with E-state index in [-0.39, 0.29) is 5.91 Å². The van der Waals surface area contributed by atoms with E-state index in [2.05, 4.69) is 25.4 Å². The maximum absolute atomic E-state index is 12.9. The van der Waals surface area contributed by atoms with Crippen LogP contribution in [0.1, 0.15) is 16.1 Å². The predicted octanol–water partition coefficient (Wildman–Crippen LogP) is 3.14. The Hall–Kier alpha value is -3.94. The first-order chi connectivity index (χ1) is 15.2. The third-order valence-corrected chi connectivity index (χ3v) is 5.44. The lowest BCUT2D eigenvalue weighted by Crippen LogP contribution is -2.49. The number of amides is 1. The normalized spacial score (nSPS) is 14.1. The molecule has 1 N–H and O–H groups in total. The Morgan fingerprint density at radius 2 is 1.81 bits per heavy atom. The molecule has 0 spiro atoms. The molecule has 0 bridgehead atoms. The fourth-order valence-electron chi connectivity index (χ4n) is 3.80. The lowest BCUT2D eigenvalue weighted by atomic mass is 10.2. The highest BCUT2D eigenvalue weighted by Gasteiger charge is 2.23. The molecule has 0 radical (unpaired) electrons. The van der Waals surface area contributed by atoms with E-state index in [4.69, 9.17) is 0 Å². The monoisotopic (exact) mass is 413 g/mol. The molecule has 1 aliphatic rings. The Morgan fingerprint density at radius 1 is 0.935 bits per heavy atom. The molecular formula is C23H23N7O. The number of aryl methyl sites for hydroxylation is 1. The molecule has 4 aromatic rings. The van der Waals surface area contributed by atoms with E-state index in [0.29, 0.717) is 18.9 Å². The first kappa shape index (κ1) is 19.0. The van der Waals surface area contributed by atoms with Gasteiger partial charge in [-0.25, -0.2) is 4.98 Å². The summed E-state index contributed by atoms with van der Waals surface area (Å²) in [6.07, 6.45) is 3.85. The van der Waals surface area contributed by atoms with Gasteiger partial charge in [-0.2, -0.15) is 0 Å². The summed E-state index contributed by atoms with van der Waals surface area (Å²) < 4.78 is 1.97. The number of nitrogens with one attached hydrogen (secondary N) is 1. The molecule has 5 rings (SSSR count). The van der Waals surface area contributed by atoms with Crippen LogP contribution >= 0.6 is 0 Å². The summed E-state index contributed by atoms with van der Waals surface area (Å²) in [5, 5.41) is 11.8. The van der Waals surface area contributed by atoms with Gasteiger partial charge in [0.05, 0.1) is 5.56 Å². The highest BCUT2D eigenvalue weighted by molar-refractivity contribution is 5.95. The quantitative estimate of drug-likeness (QED) is 0.554. The maximum atomic E-state index is 12.9. The average molecular weight is 413 g/mol. The van der Waals surface area contributed by atoms with Crippen LogP contribution in [-0.2, 0) is 0 Å². The lowest BCUT2D eigenvalue weighted by molar-refractivity contribution is 0.0746. The van der Waals surface area contributed by atoms with E-state index in [9.17, 15) is 4.79 Å². The van der Waals surface area contributed by atoms with Gasteiger partial charge >= 0.3 is 0 Å². The zero-order chi connectivity index (χ0) is 21.2. The number of anilines is 3. The van der Waals surface area contributed by atoms with E-state index in [1.807, 2.05) is 83.2 Å². The standard InChI is InChI=1S/C23H23N7O/c1-17-5-4-7-20(24-17)25-21-8-9-22(27-26-21)28-11-13-29(14-12-28)23(31)18-15-19-6-2-3-10-30(19)16-18/h2-10,15-16H,11-14H2,1H3,(H,24,25,26). The summed E-state index contributed by atoms with van der Waals surface area (Å²) in [5.41, 5.74) is 2.68. The van der Waals surface area contributed by atoms with Crippen molar-refractivity contribution in [2.75, 3.05) is 36.4 Å². The topological polar surface area (TPSA) is 78.7 Å². The molecule has 8 heteroatoms. The lowest BCUT2D eigenvalue weighted by Gasteiger charge is -2.35. The molecule has 0 unspecified atom stereocenters. The van der Waals surface area contributed by atoms with Gasteiger partial charge in [-0.1, -0.05) is 12.1 Å². The van der Waals surface area contributed by atoms with E-state index < -0.39 is 0 Å². The van der Waals surface area contributed by atoms with E-state index in [0.717, 1.165) is 41.5 Å².